The number of likely N-dealkylation sites (tertiary alicyclic amines) is 1. The van der Waals surface area contributed by atoms with Crippen LogP contribution in [0.3, 0.4) is 0 Å². The zero-order chi connectivity index (χ0) is 29.9. The van der Waals surface area contributed by atoms with Gasteiger partial charge in [0.2, 0.25) is 17.7 Å². The number of hydrogen-bond donors (Lipinski definition) is 3. The van der Waals surface area contributed by atoms with E-state index in [0.29, 0.717) is 25.8 Å². The van der Waals surface area contributed by atoms with Gasteiger partial charge in [0.05, 0.1) is 6.61 Å². The van der Waals surface area contributed by atoms with Gasteiger partial charge in [-0.2, -0.15) is 0 Å². The van der Waals surface area contributed by atoms with Gasteiger partial charge in [0, 0.05) is 13.0 Å². The number of hydrogen-bond acceptors (Lipinski definition) is 7. The lowest BCUT2D eigenvalue weighted by molar-refractivity contribution is -0.144. The molecular formula is C29H44N4O7. The molecule has 1 aliphatic rings. The second-order valence-corrected chi connectivity index (χ2v) is 11.3. The highest BCUT2D eigenvalue weighted by Crippen LogP contribution is 2.21. The summed E-state index contributed by atoms with van der Waals surface area (Å²) < 4.78 is 10.2. The number of rotatable bonds is 12. The molecule has 4 amide bonds. The van der Waals surface area contributed by atoms with Crippen LogP contribution in [0.4, 0.5) is 4.79 Å². The van der Waals surface area contributed by atoms with Crippen LogP contribution in [0.25, 0.3) is 0 Å². The first-order valence-electron chi connectivity index (χ1n) is 13.9. The maximum Gasteiger partial charge on any atom is 0.408 e. The average molecular weight is 561 g/mol. The number of carbonyl (C=O) groups is 5. The SMILES string of the molecule is CCOC(=O)CNC(=O)[C@H](CC(C)C)NC(=O)[C@@H]1CCCN1C(=O)[C@H](Cc1ccccc1)NC(=O)OC(C)(C)C. The van der Waals surface area contributed by atoms with Crippen molar-refractivity contribution in [3.8, 4) is 0 Å². The van der Waals surface area contributed by atoms with Crippen molar-refractivity contribution in [3.63, 3.8) is 0 Å². The van der Waals surface area contributed by atoms with E-state index in [1.165, 1.54) is 4.90 Å². The van der Waals surface area contributed by atoms with Gasteiger partial charge in [0.1, 0.15) is 30.3 Å². The fourth-order valence-electron chi connectivity index (χ4n) is 4.47. The molecule has 1 heterocycles. The Labute approximate surface area is 236 Å². The fraction of sp³-hybridized carbons (Fsp3) is 0.621. The molecule has 222 valence electrons. The minimum Gasteiger partial charge on any atom is -0.465 e. The molecule has 11 nitrogen and oxygen atoms in total. The van der Waals surface area contributed by atoms with Crippen LogP contribution in [0, 0.1) is 5.92 Å². The molecule has 3 atom stereocenters. The Hall–Kier alpha value is -3.63. The molecule has 11 heteroatoms. The molecule has 0 bridgehead atoms. The number of nitrogens with zero attached hydrogens (tertiary/aromatic N) is 1. The molecule has 1 aliphatic heterocycles. The number of esters is 1. The second-order valence-electron chi connectivity index (χ2n) is 11.3. The smallest absolute Gasteiger partial charge is 0.408 e. The monoisotopic (exact) mass is 560 g/mol. The van der Waals surface area contributed by atoms with Crippen LogP contribution in [0.1, 0.15) is 66.4 Å². The predicted octanol–water partition coefficient (Wildman–Crippen LogP) is 2.32. The van der Waals surface area contributed by atoms with E-state index in [-0.39, 0.29) is 25.5 Å². The molecule has 1 aromatic carbocycles. The van der Waals surface area contributed by atoms with Crippen molar-refractivity contribution < 1.29 is 33.4 Å². The van der Waals surface area contributed by atoms with Crippen molar-refractivity contribution in [1.82, 2.24) is 20.9 Å². The summed E-state index contributed by atoms with van der Waals surface area (Å²) in [6.07, 6.45) is 0.852. The predicted molar refractivity (Wildman–Crippen MR) is 149 cm³/mol. The summed E-state index contributed by atoms with van der Waals surface area (Å²) >= 11 is 0. The Morgan fingerprint density at radius 1 is 1.02 bits per heavy atom. The highest BCUT2D eigenvalue weighted by atomic mass is 16.6. The van der Waals surface area contributed by atoms with Crippen LogP contribution >= 0.6 is 0 Å². The molecule has 1 aromatic rings. The van der Waals surface area contributed by atoms with E-state index in [4.69, 9.17) is 9.47 Å². The summed E-state index contributed by atoms with van der Waals surface area (Å²) in [4.78, 5) is 65.7. The third kappa shape index (κ3) is 10.9. The zero-order valence-corrected chi connectivity index (χ0v) is 24.5. The van der Waals surface area contributed by atoms with Crippen LogP contribution < -0.4 is 16.0 Å². The zero-order valence-electron chi connectivity index (χ0n) is 24.5. The van der Waals surface area contributed by atoms with Crippen LogP contribution in [0.2, 0.25) is 0 Å². The highest BCUT2D eigenvalue weighted by Gasteiger charge is 2.39. The van der Waals surface area contributed by atoms with E-state index in [1.54, 1.807) is 27.7 Å². The molecule has 0 aliphatic carbocycles. The third-order valence-corrected chi connectivity index (χ3v) is 6.16. The Balaban J connectivity index is 2.17. The topological polar surface area (TPSA) is 143 Å². The first-order chi connectivity index (χ1) is 18.8. The molecule has 40 heavy (non-hydrogen) atoms. The maximum atomic E-state index is 13.7. The van der Waals surface area contributed by atoms with E-state index in [2.05, 4.69) is 16.0 Å². The van der Waals surface area contributed by atoms with E-state index in [9.17, 15) is 24.0 Å². The normalized spacial score (nSPS) is 16.6. The summed E-state index contributed by atoms with van der Waals surface area (Å²) in [5.41, 5.74) is 0.0899. The van der Waals surface area contributed by atoms with Crippen molar-refractivity contribution in [1.29, 1.82) is 0 Å². The summed E-state index contributed by atoms with van der Waals surface area (Å²) in [7, 11) is 0. The molecule has 0 saturated carbocycles. The van der Waals surface area contributed by atoms with Gasteiger partial charge in [-0.15, -0.1) is 0 Å². The van der Waals surface area contributed by atoms with Crippen LogP contribution in [-0.4, -0.2) is 78.1 Å². The van der Waals surface area contributed by atoms with Crippen LogP contribution in [0.5, 0.6) is 0 Å². The van der Waals surface area contributed by atoms with Crippen molar-refractivity contribution in [2.75, 3.05) is 19.7 Å². The number of carbonyl (C=O) groups excluding carboxylic acids is 5. The van der Waals surface area contributed by atoms with Gasteiger partial charge in [0.25, 0.3) is 0 Å². The molecule has 3 N–H and O–H groups in total. The van der Waals surface area contributed by atoms with E-state index in [0.717, 1.165) is 5.56 Å². The van der Waals surface area contributed by atoms with Crippen LogP contribution in [-0.2, 0) is 35.1 Å². The Kier molecular flexibility index (Phi) is 12.4. The summed E-state index contributed by atoms with van der Waals surface area (Å²) in [5.74, 6) is -1.86. The maximum absolute atomic E-state index is 13.7. The van der Waals surface area contributed by atoms with Gasteiger partial charge in [-0.25, -0.2) is 4.79 Å². The average Bonchev–Trinajstić information content (AvgIpc) is 3.35. The molecule has 0 unspecified atom stereocenters. The lowest BCUT2D eigenvalue weighted by atomic mass is 10.0. The van der Waals surface area contributed by atoms with E-state index >= 15 is 0 Å². The first-order valence-corrected chi connectivity index (χ1v) is 13.9. The molecule has 1 saturated heterocycles. The van der Waals surface area contributed by atoms with Gasteiger partial charge >= 0.3 is 12.1 Å². The highest BCUT2D eigenvalue weighted by molar-refractivity contribution is 5.95. The van der Waals surface area contributed by atoms with Gasteiger partial charge in [-0.3, -0.25) is 19.2 Å². The number of amides is 4. The summed E-state index contributed by atoms with van der Waals surface area (Å²) in [6, 6.07) is 6.62. The quantitative estimate of drug-likeness (QED) is 0.333. The molecule has 1 fully saturated rings. The van der Waals surface area contributed by atoms with Crippen molar-refractivity contribution >= 4 is 29.8 Å². The number of nitrogens with one attached hydrogen (secondary N) is 3. The number of ether oxygens (including phenoxy) is 2. The first kappa shape index (κ1) is 32.6. The fourth-order valence-corrected chi connectivity index (χ4v) is 4.47. The molecule has 0 radical (unpaired) electrons. The Morgan fingerprint density at radius 3 is 2.30 bits per heavy atom. The van der Waals surface area contributed by atoms with Crippen molar-refractivity contribution in [3.05, 3.63) is 35.9 Å². The Morgan fingerprint density at radius 2 is 1.70 bits per heavy atom. The third-order valence-electron chi connectivity index (χ3n) is 6.16. The lowest BCUT2D eigenvalue weighted by Crippen LogP contribution is -2.57. The van der Waals surface area contributed by atoms with Gasteiger partial charge in [0.15, 0.2) is 0 Å². The number of benzene rings is 1. The molecule has 2 rings (SSSR count). The number of alkyl carbamates (subject to hydrolysis) is 1. The van der Waals surface area contributed by atoms with Gasteiger partial charge in [-0.1, -0.05) is 44.2 Å². The minimum absolute atomic E-state index is 0.0771. The van der Waals surface area contributed by atoms with E-state index in [1.807, 2.05) is 44.2 Å². The largest absolute Gasteiger partial charge is 0.465 e. The van der Waals surface area contributed by atoms with Gasteiger partial charge < -0.3 is 30.3 Å². The minimum atomic E-state index is -0.954. The molecule has 0 aromatic heterocycles. The van der Waals surface area contributed by atoms with Crippen LogP contribution in [0.15, 0.2) is 30.3 Å². The Bertz CT molecular complexity index is 1020. The van der Waals surface area contributed by atoms with Crippen molar-refractivity contribution in [2.45, 2.75) is 91.0 Å². The summed E-state index contributed by atoms with van der Waals surface area (Å²) in [5, 5.41) is 7.99. The van der Waals surface area contributed by atoms with E-state index < -0.39 is 53.5 Å². The van der Waals surface area contributed by atoms with Gasteiger partial charge in [-0.05, 0) is 58.4 Å². The molecular weight excluding hydrogens is 516 g/mol. The summed E-state index contributed by atoms with van der Waals surface area (Å²) in [6.45, 7) is 10.9. The van der Waals surface area contributed by atoms with Crippen molar-refractivity contribution in [2.24, 2.45) is 5.92 Å². The lowest BCUT2D eigenvalue weighted by Gasteiger charge is -2.30. The standard InChI is InChI=1S/C29H44N4O7/c1-7-39-24(34)18-30-25(35)21(16-19(2)3)31-26(36)23-14-11-15-33(23)27(37)22(17-20-12-9-8-10-13-20)32-28(38)40-29(4,5)6/h8-10,12-13,19,21-23H,7,11,14-18H2,1-6H3,(H,30,35)(H,31,36)(H,32,38)/t21-,22-,23-/m0/s1. The second kappa shape index (κ2) is 15.2. The molecule has 0 spiro atoms.